The molecule has 5 nitrogen and oxygen atoms in total. The fourth-order valence-electron chi connectivity index (χ4n) is 2.25. The Bertz CT molecular complexity index is 282. The van der Waals surface area contributed by atoms with Gasteiger partial charge in [-0.05, 0) is 44.7 Å². The van der Waals surface area contributed by atoms with E-state index in [1.165, 1.54) is 12.8 Å². The number of rotatable bonds is 8. The van der Waals surface area contributed by atoms with Crippen LogP contribution in [0.25, 0.3) is 0 Å². The largest absolute Gasteiger partial charge is 0.356 e. The summed E-state index contributed by atoms with van der Waals surface area (Å²) in [7, 11) is 0. The van der Waals surface area contributed by atoms with Crippen LogP contribution < -0.4 is 16.0 Å². The predicted molar refractivity (Wildman–Crippen MR) is 83.0 cm³/mol. The van der Waals surface area contributed by atoms with E-state index in [1.807, 2.05) is 6.92 Å². The number of carbonyl (C=O) groups excluding carboxylic acids is 2. The molecule has 0 saturated carbocycles. The van der Waals surface area contributed by atoms with E-state index in [-0.39, 0.29) is 30.6 Å². The minimum Gasteiger partial charge on any atom is -0.356 e. The van der Waals surface area contributed by atoms with Crippen molar-refractivity contribution in [2.75, 3.05) is 26.2 Å². The molecule has 0 radical (unpaired) electrons. The SMILES string of the molecule is CCCNC(=O)CCC(=O)NCCC1CCCNC1.Cl. The summed E-state index contributed by atoms with van der Waals surface area (Å²) in [6.07, 6.45) is 5.02. The predicted octanol–water partition coefficient (Wildman–Crippen LogP) is 1.22. The van der Waals surface area contributed by atoms with Crippen molar-refractivity contribution in [2.24, 2.45) is 5.92 Å². The van der Waals surface area contributed by atoms with Crippen molar-refractivity contribution >= 4 is 24.2 Å². The molecule has 0 spiro atoms. The molecule has 6 heteroatoms. The van der Waals surface area contributed by atoms with Gasteiger partial charge in [-0.15, -0.1) is 12.4 Å². The highest BCUT2D eigenvalue weighted by molar-refractivity contribution is 5.85. The van der Waals surface area contributed by atoms with Crippen molar-refractivity contribution in [2.45, 2.75) is 45.4 Å². The number of hydrogen-bond donors (Lipinski definition) is 3. The van der Waals surface area contributed by atoms with E-state index in [0.29, 0.717) is 18.9 Å². The molecule has 2 amide bonds. The molecule has 1 unspecified atom stereocenters. The normalized spacial score (nSPS) is 17.9. The fraction of sp³-hybridized carbons (Fsp3) is 0.857. The summed E-state index contributed by atoms with van der Waals surface area (Å²) in [5.41, 5.74) is 0. The Kier molecular flexibility index (Phi) is 11.5. The maximum absolute atomic E-state index is 11.6. The zero-order valence-electron chi connectivity index (χ0n) is 12.4. The summed E-state index contributed by atoms with van der Waals surface area (Å²) in [6.45, 7) is 5.61. The molecule has 1 aliphatic heterocycles. The summed E-state index contributed by atoms with van der Waals surface area (Å²) in [5.74, 6) is 0.630. The van der Waals surface area contributed by atoms with Crippen LogP contribution in [0.15, 0.2) is 0 Å². The van der Waals surface area contributed by atoms with Gasteiger partial charge in [-0.2, -0.15) is 0 Å². The third kappa shape index (κ3) is 9.15. The number of piperidine rings is 1. The lowest BCUT2D eigenvalue weighted by atomic mass is 9.96. The molecule has 1 atom stereocenters. The molecule has 0 aromatic rings. The summed E-state index contributed by atoms with van der Waals surface area (Å²) < 4.78 is 0. The van der Waals surface area contributed by atoms with E-state index in [4.69, 9.17) is 0 Å². The number of halogens is 1. The van der Waals surface area contributed by atoms with Gasteiger partial charge in [0, 0.05) is 25.9 Å². The molecule has 1 rings (SSSR count). The number of hydrogen-bond acceptors (Lipinski definition) is 3. The Morgan fingerprint density at radius 3 is 2.35 bits per heavy atom. The molecule has 1 saturated heterocycles. The van der Waals surface area contributed by atoms with Gasteiger partial charge in [0.2, 0.25) is 11.8 Å². The van der Waals surface area contributed by atoms with Gasteiger partial charge in [0.15, 0.2) is 0 Å². The van der Waals surface area contributed by atoms with Crippen molar-refractivity contribution in [3.63, 3.8) is 0 Å². The van der Waals surface area contributed by atoms with Gasteiger partial charge < -0.3 is 16.0 Å². The van der Waals surface area contributed by atoms with Crippen molar-refractivity contribution in [3.05, 3.63) is 0 Å². The lowest BCUT2D eigenvalue weighted by molar-refractivity contribution is -0.126. The van der Waals surface area contributed by atoms with Gasteiger partial charge in [0.05, 0.1) is 0 Å². The first kappa shape index (κ1) is 19.2. The summed E-state index contributed by atoms with van der Waals surface area (Å²) in [4.78, 5) is 22.9. The Morgan fingerprint density at radius 1 is 1.15 bits per heavy atom. The first-order valence-electron chi connectivity index (χ1n) is 7.46. The van der Waals surface area contributed by atoms with E-state index >= 15 is 0 Å². The third-order valence-electron chi connectivity index (χ3n) is 3.42. The Hall–Kier alpha value is -0.810. The highest BCUT2D eigenvalue weighted by Gasteiger charge is 2.13. The molecule has 1 aliphatic rings. The maximum Gasteiger partial charge on any atom is 0.220 e. The molecule has 20 heavy (non-hydrogen) atoms. The van der Waals surface area contributed by atoms with Crippen molar-refractivity contribution in [1.82, 2.24) is 16.0 Å². The molecular weight excluding hydrogens is 278 g/mol. The summed E-state index contributed by atoms with van der Waals surface area (Å²) in [5, 5.41) is 9.03. The Balaban J connectivity index is 0.00000361. The molecule has 0 aromatic heterocycles. The topological polar surface area (TPSA) is 70.2 Å². The van der Waals surface area contributed by atoms with Crippen LogP contribution in [0.1, 0.15) is 45.4 Å². The zero-order chi connectivity index (χ0) is 13.9. The minimum atomic E-state index is -0.0338. The first-order valence-corrected chi connectivity index (χ1v) is 7.46. The molecular formula is C14H28ClN3O2. The quantitative estimate of drug-likeness (QED) is 0.631. The van der Waals surface area contributed by atoms with Gasteiger partial charge in [0.25, 0.3) is 0 Å². The number of nitrogens with one attached hydrogen (secondary N) is 3. The first-order chi connectivity index (χ1) is 9.22. The molecule has 0 aliphatic carbocycles. The van der Waals surface area contributed by atoms with Crippen LogP contribution in [-0.4, -0.2) is 38.0 Å². The average molecular weight is 306 g/mol. The van der Waals surface area contributed by atoms with Crippen molar-refractivity contribution < 1.29 is 9.59 Å². The molecule has 0 bridgehead atoms. The third-order valence-corrected chi connectivity index (χ3v) is 3.42. The van der Waals surface area contributed by atoms with Crippen LogP contribution in [0.2, 0.25) is 0 Å². The van der Waals surface area contributed by atoms with Crippen LogP contribution >= 0.6 is 12.4 Å². The number of carbonyl (C=O) groups is 2. The molecule has 0 aromatic carbocycles. The second-order valence-corrected chi connectivity index (χ2v) is 5.20. The minimum absolute atomic E-state index is 0. The summed E-state index contributed by atoms with van der Waals surface area (Å²) >= 11 is 0. The van der Waals surface area contributed by atoms with E-state index in [2.05, 4.69) is 16.0 Å². The second-order valence-electron chi connectivity index (χ2n) is 5.20. The average Bonchev–Trinajstić information content (AvgIpc) is 2.44. The van der Waals surface area contributed by atoms with Gasteiger partial charge in [-0.3, -0.25) is 9.59 Å². The smallest absolute Gasteiger partial charge is 0.220 e. The monoisotopic (exact) mass is 305 g/mol. The van der Waals surface area contributed by atoms with Gasteiger partial charge in [0.1, 0.15) is 0 Å². The summed E-state index contributed by atoms with van der Waals surface area (Å²) in [6, 6.07) is 0. The molecule has 118 valence electrons. The van der Waals surface area contributed by atoms with E-state index in [1.54, 1.807) is 0 Å². The molecule has 1 heterocycles. The lowest BCUT2D eigenvalue weighted by Crippen LogP contribution is -2.33. The maximum atomic E-state index is 11.6. The molecule has 1 fully saturated rings. The van der Waals surface area contributed by atoms with Gasteiger partial charge >= 0.3 is 0 Å². The second kappa shape index (κ2) is 12.0. The van der Waals surface area contributed by atoms with Crippen LogP contribution in [-0.2, 0) is 9.59 Å². The highest BCUT2D eigenvalue weighted by atomic mass is 35.5. The van der Waals surface area contributed by atoms with E-state index in [0.717, 1.165) is 32.5 Å². The van der Waals surface area contributed by atoms with E-state index < -0.39 is 0 Å². The Morgan fingerprint density at radius 2 is 1.80 bits per heavy atom. The van der Waals surface area contributed by atoms with Crippen molar-refractivity contribution in [3.8, 4) is 0 Å². The fourth-order valence-corrected chi connectivity index (χ4v) is 2.25. The van der Waals surface area contributed by atoms with Gasteiger partial charge in [-0.1, -0.05) is 6.92 Å². The van der Waals surface area contributed by atoms with Crippen LogP contribution in [0.3, 0.4) is 0 Å². The Labute approximate surface area is 128 Å². The van der Waals surface area contributed by atoms with E-state index in [9.17, 15) is 9.59 Å². The highest BCUT2D eigenvalue weighted by Crippen LogP contribution is 2.12. The van der Waals surface area contributed by atoms with Crippen molar-refractivity contribution in [1.29, 1.82) is 0 Å². The zero-order valence-corrected chi connectivity index (χ0v) is 13.2. The number of amides is 2. The van der Waals surface area contributed by atoms with Crippen LogP contribution in [0, 0.1) is 5.92 Å². The van der Waals surface area contributed by atoms with Crippen LogP contribution in [0.4, 0.5) is 0 Å². The van der Waals surface area contributed by atoms with Gasteiger partial charge in [-0.25, -0.2) is 0 Å². The van der Waals surface area contributed by atoms with Crippen LogP contribution in [0.5, 0.6) is 0 Å². The lowest BCUT2D eigenvalue weighted by Gasteiger charge is -2.22. The molecule has 3 N–H and O–H groups in total. The standard InChI is InChI=1S/C14H27N3O2.ClH/c1-2-8-16-13(18)5-6-14(19)17-10-7-12-4-3-9-15-11-12;/h12,15H,2-11H2,1H3,(H,16,18)(H,17,19);1H.